The minimum absolute atomic E-state index is 0.178. The van der Waals surface area contributed by atoms with E-state index in [0.717, 1.165) is 21.4 Å². The fraction of sp³-hybridized carbons (Fsp3) is 0.143. The molecule has 0 spiro atoms. The van der Waals surface area contributed by atoms with Gasteiger partial charge in [0.2, 0.25) is 0 Å². The minimum Gasteiger partial charge on any atom is -0.478 e. The fourth-order valence-electron chi connectivity index (χ4n) is 1.62. The Hall–Kier alpha value is -1.63. The monoisotopic (exact) mass is 341 g/mol. The first-order chi connectivity index (χ1) is 9.95. The van der Waals surface area contributed by atoms with Crippen LogP contribution in [0.3, 0.4) is 0 Å². The van der Waals surface area contributed by atoms with Crippen LogP contribution in [0.15, 0.2) is 24.3 Å². The van der Waals surface area contributed by atoms with Crippen molar-refractivity contribution in [1.82, 2.24) is 5.32 Å². The van der Waals surface area contributed by atoms with E-state index in [1.54, 1.807) is 12.1 Å². The molecule has 2 rings (SSSR count). The van der Waals surface area contributed by atoms with Crippen LogP contribution in [0.5, 0.6) is 0 Å². The predicted molar refractivity (Wildman–Crippen MR) is 86.2 cm³/mol. The van der Waals surface area contributed by atoms with Crippen LogP contribution >= 0.6 is 34.3 Å². The summed E-state index contributed by atoms with van der Waals surface area (Å²) >= 11 is 8.52. The molecule has 0 saturated heterocycles. The minimum atomic E-state index is -1.01. The molecule has 0 aromatic carbocycles. The van der Waals surface area contributed by atoms with E-state index in [1.807, 2.05) is 13.0 Å². The summed E-state index contributed by atoms with van der Waals surface area (Å²) in [6, 6.07) is 5.41. The van der Waals surface area contributed by atoms with E-state index in [2.05, 4.69) is 5.32 Å². The second kappa shape index (κ2) is 6.89. The predicted octanol–water partition coefficient (Wildman–Crippen LogP) is 3.80. The Morgan fingerprint density at radius 2 is 2.14 bits per heavy atom. The Morgan fingerprint density at radius 3 is 2.76 bits per heavy atom. The van der Waals surface area contributed by atoms with Gasteiger partial charge in [0.15, 0.2) is 0 Å². The second-order valence-corrected chi connectivity index (χ2v) is 7.10. The molecular weight excluding hydrogens is 330 g/mol. The van der Waals surface area contributed by atoms with Crippen molar-refractivity contribution in [2.45, 2.75) is 13.5 Å². The summed E-state index contributed by atoms with van der Waals surface area (Å²) in [4.78, 5) is 24.9. The number of hydrogen-bond donors (Lipinski definition) is 2. The highest BCUT2D eigenvalue weighted by Crippen LogP contribution is 2.24. The van der Waals surface area contributed by atoms with Gasteiger partial charge in [-0.1, -0.05) is 11.6 Å². The number of amides is 1. The third kappa shape index (κ3) is 4.42. The van der Waals surface area contributed by atoms with Gasteiger partial charge in [0.05, 0.1) is 15.8 Å². The van der Waals surface area contributed by atoms with Gasteiger partial charge in [-0.05, 0) is 36.8 Å². The summed E-state index contributed by atoms with van der Waals surface area (Å²) in [5, 5.41) is 11.4. The third-order valence-corrected chi connectivity index (χ3v) is 5.04. The maximum atomic E-state index is 12.1. The fourth-order valence-corrected chi connectivity index (χ4v) is 3.64. The number of halogens is 1. The lowest BCUT2D eigenvalue weighted by Crippen LogP contribution is -2.21. The van der Waals surface area contributed by atoms with E-state index < -0.39 is 5.97 Å². The number of carboxylic acid groups (broad SMARTS) is 1. The van der Waals surface area contributed by atoms with Gasteiger partial charge in [-0.2, -0.15) is 0 Å². The number of rotatable bonds is 5. The zero-order chi connectivity index (χ0) is 15.4. The van der Waals surface area contributed by atoms with E-state index in [0.29, 0.717) is 15.8 Å². The van der Waals surface area contributed by atoms with Gasteiger partial charge >= 0.3 is 5.97 Å². The Kier molecular flexibility index (Phi) is 5.17. The van der Waals surface area contributed by atoms with E-state index in [4.69, 9.17) is 16.7 Å². The lowest BCUT2D eigenvalue weighted by molar-refractivity contribution is -0.131. The number of hydrogen-bond acceptors (Lipinski definition) is 4. The Morgan fingerprint density at radius 1 is 1.38 bits per heavy atom. The van der Waals surface area contributed by atoms with Gasteiger partial charge in [-0.3, -0.25) is 4.79 Å². The quantitative estimate of drug-likeness (QED) is 0.813. The summed E-state index contributed by atoms with van der Waals surface area (Å²) < 4.78 is 0.687. The highest BCUT2D eigenvalue weighted by molar-refractivity contribution is 7.16. The van der Waals surface area contributed by atoms with Gasteiger partial charge in [-0.15, -0.1) is 22.7 Å². The summed E-state index contributed by atoms with van der Waals surface area (Å²) in [5.41, 5.74) is 0.877. The van der Waals surface area contributed by atoms with Crippen LogP contribution in [0.4, 0.5) is 0 Å². The number of carbonyl (C=O) groups excluding carboxylic acids is 1. The molecule has 2 heterocycles. The van der Waals surface area contributed by atoms with Crippen LogP contribution in [0.2, 0.25) is 4.34 Å². The summed E-state index contributed by atoms with van der Waals surface area (Å²) in [6.45, 7) is 2.27. The van der Waals surface area contributed by atoms with Crippen LogP contribution in [-0.2, 0) is 11.3 Å². The molecule has 0 saturated carbocycles. The van der Waals surface area contributed by atoms with E-state index in [9.17, 15) is 9.59 Å². The molecular formula is C14H12ClNO3S2. The topological polar surface area (TPSA) is 66.4 Å². The molecule has 2 N–H and O–H groups in total. The van der Waals surface area contributed by atoms with Crippen molar-refractivity contribution < 1.29 is 14.7 Å². The van der Waals surface area contributed by atoms with Gasteiger partial charge in [0.25, 0.3) is 5.91 Å². The Balaban J connectivity index is 2.02. The van der Waals surface area contributed by atoms with Crippen molar-refractivity contribution in [1.29, 1.82) is 0 Å². The highest BCUT2D eigenvalue weighted by Gasteiger charge is 2.11. The van der Waals surface area contributed by atoms with E-state index >= 15 is 0 Å². The Labute approximate surface area is 134 Å². The maximum Gasteiger partial charge on any atom is 0.328 e. The molecule has 2 aromatic rings. The number of carbonyl (C=O) groups is 2. The molecule has 110 valence electrons. The number of carboxylic acids is 1. The lowest BCUT2D eigenvalue weighted by atomic mass is 10.2. The summed E-state index contributed by atoms with van der Waals surface area (Å²) in [7, 11) is 0. The van der Waals surface area contributed by atoms with Crippen LogP contribution in [0.25, 0.3) is 6.08 Å². The van der Waals surface area contributed by atoms with Crippen molar-refractivity contribution in [3.8, 4) is 0 Å². The smallest absolute Gasteiger partial charge is 0.328 e. The molecule has 0 atom stereocenters. The van der Waals surface area contributed by atoms with Gasteiger partial charge in [0.1, 0.15) is 0 Å². The molecule has 0 unspecified atom stereocenters. The van der Waals surface area contributed by atoms with Gasteiger partial charge < -0.3 is 10.4 Å². The number of thiophene rings is 2. The summed E-state index contributed by atoms with van der Waals surface area (Å²) in [6.07, 6.45) is 2.56. The average Bonchev–Trinajstić information content (AvgIpc) is 3.00. The molecule has 1 amide bonds. The number of aryl methyl sites for hydroxylation is 1. The largest absolute Gasteiger partial charge is 0.478 e. The average molecular weight is 342 g/mol. The molecule has 2 aromatic heterocycles. The molecule has 0 aliphatic carbocycles. The van der Waals surface area contributed by atoms with Crippen molar-refractivity contribution in [2.75, 3.05) is 0 Å². The molecule has 4 nitrogen and oxygen atoms in total. The van der Waals surface area contributed by atoms with Crippen molar-refractivity contribution in [3.63, 3.8) is 0 Å². The van der Waals surface area contributed by atoms with Crippen LogP contribution in [0.1, 0.15) is 25.0 Å². The van der Waals surface area contributed by atoms with E-state index in [1.165, 1.54) is 28.7 Å². The van der Waals surface area contributed by atoms with Crippen molar-refractivity contribution >= 4 is 52.2 Å². The molecule has 7 heteroatoms. The highest BCUT2D eigenvalue weighted by atomic mass is 35.5. The second-order valence-electron chi connectivity index (χ2n) is 4.22. The zero-order valence-corrected chi connectivity index (χ0v) is 13.4. The molecule has 0 bridgehead atoms. The van der Waals surface area contributed by atoms with Crippen LogP contribution < -0.4 is 5.32 Å². The van der Waals surface area contributed by atoms with Crippen molar-refractivity contribution in [3.05, 3.63) is 48.8 Å². The first-order valence-electron chi connectivity index (χ1n) is 5.99. The van der Waals surface area contributed by atoms with Crippen LogP contribution in [-0.4, -0.2) is 17.0 Å². The first-order valence-corrected chi connectivity index (χ1v) is 8.00. The van der Waals surface area contributed by atoms with E-state index in [-0.39, 0.29) is 5.91 Å². The molecule has 0 radical (unpaired) electrons. The molecule has 0 aliphatic heterocycles. The lowest BCUT2D eigenvalue weighted by Gasteiger charge is -2.00. The molecule has 21 heavy (non-hydrogen) atoms. The maximum absolute atomic E-state index is 12.1. The number of nitrogens with one attached hydrogen (secondary N) is 1. The zero-order valence-electron chi connectivity index (χ0n) is 11.1. The SMILES string of the molecule is Cc1cc(C(=O)NCc2ccc(Cl)s2)sc1/C=C/C(=O)O. The van der Waals surface area contributed by atoms with Gasteiger partial charge in [0, 0.05) is 15.8 Å². The normalized spacial score (nSPS) is 11.0. The summed E-state index contributed by atoms with van der Waals surface area (Å²) in [5.74, 6) is -1.19. The standard InChI is InChI=1S/C14H12ClNO3S2/c1-8-6-11(21-10(8)3-5-13(17)18)14(19)16-7-9-2-4-12(15)20-9/h2-6H,7H2,1H3,(H,16,19)(H,17,18)/b5-3+. The first kappa shape index (κ1) is 15.8. The third-order valence-electron chi connectivity index (χ3n) is 2.61. The Bertz CT molecular complexity index is 703. The van der Waals surface area contributed by atoms with Gasteiger partial charge in [-0.25, -0.2) is 4.79 Å². The van der Waals surface area contributed by atoms with Crippen molar-refractivity contribution in [2.24, 2.45) is 0 Å². The van der Waals surface area contributed by atoms with Crippen LogP contribution in [0, 0.1) is 6.92 Å². The number of aliphatic carboxylic acids is 1. The molecule has 0 aliphatic rings. The molecule has 0 fully saturated rings.